The molecule has 3 aromatic carbocycles. The molecule has 140 valence electrons. The first kappa shape index (κ1) is 19.8. The quantitative estimate of drug-likeness (QED) is 0.398. The normalized spacial score (nSPS) is 10.5. The highest BCUT2D eigenvalue weighted by atomic mass is 79.9. The second-order valence-corrected chi connectivity index (χ2v) is 7.96. The smallest absolute Gasteiger partial charge is 0.175 e. The molecule has 0 aliphatic rings. The van der Waals surface area contributed by atoms with Crippen LogP contribution in [0.15, 0.2) is 69.6 Å². The molecule has 0 saturated heterocycles. The summed E-state index contributed by atoms with van der Waals surface area (Å²) in [7, 11) is 1.66. The second-order valence-electron chi connectivity index (χ2n) is 6.19. The first-order valence-corrected chi connectivity index (χ1v) is 10.2. The van der Waals surface area contributed by atoms with E-state index in [4.69, 9.17) is 9.47 Å². The predicted molar refractivity (Wildman–Crippen MR) is 118 cm³/mol. The van der Waals surface area contributed by atoms with Crippen molar-refractivity contribution in [3.8, 4) is 11.5 Å². The van der Waals surface area contributed by atoms with Crippen LogP contribution >= 0.6 is 31.9 Å². The van der Waals surface area contributed by atoms with Crippen LogP contribution < -0.4 is 14.8 Å². The van der Waals surface area contributed by atoms with Crippen molar-refractivity contribution in [2.24, 2.45) is 0 Å². The lowest BCUT2D eigenvalue weighted by atomic mass is 10.1. The number of para-hydroxylation sites is 1. The third-order valence-electron chi connectivity index (χ3n) is 4.21. The van der Waals surface area contributed by atoms with Gasteiger partial charge in [0.1, 0.15) is 6.61 Å². The first-order chi connectivity index (χ1) is 13.1. The van der Waals surface area contributed by atoms with Crippen LogP contribution in [0.25, 0.3) is 0 Å². The van der Waals surface area contributed by atoms with E-state index >= 15 is 0 Å². The minimum absolute atomic E-state index is 0.475. The van der Waals surface area contributed by atoms with Gasteiger partial charge in [0, 0.05) is 16.7 Å². The Labute approximate surface area is 177 Å². The molecular formula is C22H21Br2NO2. The van der Waals surface area contributed by atoms with Gasteiger partial charge in [-0.05, 0) is 69.9 Å². The van der Waals surface area contributed by atoms with Gasteiger partial charge in [-0.25, -0.2) is 0 Å². The molecule has 3 nitrogen and oxygen atoms in total. The van der Waals surface area contributed by atoms with Crippen LogP contribution in [0.3, 0.4) is 0 Å². The molecule has 1 N–H and O–H groups in total. The molecule has 0 unspecified atom stereocenters. The number of benzene rings is 3. The van der Waals surface area contributed by atoms with E-state index in [1.165, 1.54) is 5.56 Å². The van der Waals surface area contributed by atoms with Gasteiger partial charge < -0.3 is 14.8 Å². The first-order valence-electron chi connectivity index (χ1n) is 8.60. The maximum Gasteiger partial charge on any atom is 0.175 e. The molecule has 0 amide bonds. The molecule has 0 fully saturated rings. The van der Waals surface area contributed by atoms with Crippen LogP contribution in [0.2, 0.25) is 0 Å². The van der Waals surface area contributed by atoms with Crippen LogP contribution in [0.4, 0.5) is 5.69 Å². The molecule has 0 saturated carbocycles. The molecule has 5 heteroatoms. The number of methoxy groups -OCH3 is 1. The maximum absolute atomic E-state index is 6.01. The van der Waals surface area contributed by atoms with Gasteiger partial charge in [0.2, 0.25) is 0 Å². The molecular weight excluding hydrogens is 470 g/mol. The summed E-state index contributed by atoms with van der Waals surface area (Å²) in [5.74, 6) is 1.42. The number of nitrogens with one attached hydrogen (secondary N) is 1. The average Bonchev–Trinajstić information content (AvgIpc) is 2.67. The van der Waals surface area contributed by atoms with E-state index in [1.54, 1.807) is 7.11 Å². The third kappa shape index (κ3) is 5.27. The predicted octanol–water partition coefficient (Wildman–Crippen LogP) is 6.72. The summed E-state index contributed by atoms with van der Waals surface area (Å²) >= 11 is 7.07. The number of ether oxygens (including phenoxy) is 2. The molecule has 0 aliphatic carbocycles. The highest BCUT2D eigenvalue weighted by molar-refractivity contribution is 9.10. The Morgan fingerprint density at radius 1 is 0.926 bits per heavy atom. The Balaban J connectivity index is 1.72. The van der Waals surface area contributed by atoms with Crippen LogP contribution in [0.1, 0.15) is 16.7 Å². The zero-order chi connectivity index (χ0) is 19.2. The second kappa shape index (κ2) is 9.29. The van der Waals surface area contributed by atoms with Crippen molar-refractivity contribution in [1.82, 2.24) is 0 Å². The van der Waals surface area contributed by atoms with E-state index in [-0.39, 0.29) is 0 Å². The van der Waals surface area contributed by atoms with Crippen LogP contribution in [0, 0.1) is 6.92 Å². The molecule has 0 heterocycles. The van der Waals surface area contributed by atoms with E-state index in [2.05, 4.69) is 62.3 Å². The Kier molecular flexibility index (Phi) is 6.80. The van der Waals surface area contributed by atoms with Crippen molar-refractivity contribution in [1.29, 1.82) is 0 Å². The van der Waals surface area contributed by atoms with Crippen LogP contribution in [-0.4, -0.2) is 7.11 Å². The SMILES string of the molecule is COc1cc(CNc2ccccc2C)cc(Br)c1OCc1ccc(Br)cc1. The van der Waals surface area contributed by atoms with Gasteiger partial charge in [0.15, 0.2) is 11.5 Å². The van der Waals surface area contributed by atoms with Crippen LogP contribution in [-0.2, 0) is 13.2 Å². The van der Waals surface area contributed by atoms with Crippen molar-refractivity contribution in [3.63, 3.8) is 0 Å². The number of hydrogen-bond acceptors (Lipinski definition) is 3. The van der Waals surface area contributed by atoms with E-state index < -0.39 is 0 Å². The molecule has 0 atom stereocenters. The van der Waals surface area contributed by atoms with Gasteiger partial charge >= 0.3 is 0 Å². The zero-order valence-corrected chi connectivity index (χ0v) is 18.4. The molecule has 0 radical (unpaired) electrons. The third-order valence-corrected chi connectivity index (χ3v) is 5.33. The summed E-state index contributed by atoms with van der Waals surface area (Å²) in [6, 6.07) is 20.4. The van der Waals surface area contributed by atoms with E-state index in [0.717, 1.165) is 25.8 Å². The topological polar surface area (TPSA) is 30.5 Å². The fourth-order valence-corrected chi connectivity index (χ4v) is 3.59. The molecule has 0 aromatic heterocycles. The Bertz CT molecular complexity index is 911. The molecule has 0 aliphatic heterocycles. The van der Waals surface area contributed by atoms with Gasteiger partial charge in [-0.15, -0.1) is 0 Å². The lowest BCUT2D eigenvalue weighted by Gasteiger charge is -2.15. The number of anilines is 1. The molecule has 3 rings (SSSR count). The molecule has 3 aromatic rings. The van der Waals surface area contributed by atoms with Crippen molar-refractivity contribution in [2.45, 2.75) is 20.1 Å². The largest absolute Gasteiger partial charge is 0.493 e. The van der Waals surface area contributed by atoms with Gasteiger partial charge in [-0.3, -0.25) is 0 Å². The lowest BCUT2D eigenvalue weighted by Crippen LogP contribution is -2.03. The number of hydrogen-bond donors (Lipinski definition) is 1. The molecule has 0 bridgehead atoms. The standard InChI is InChI=1S/C22H21Br2NO2/c1-15-5-3-4-6-20(15)25-13-17-11-19(24)22(21(12-17)26-2)27-14-16-7-9-18(23)10-8-16/h3-12,25H,13-14H2,1-2H3. The summed E-state index contributed by atoms with van der Waals surface area (Å²) in [4.78, 5) is 0. The van der Waals surface area contributed by atoms with Crippen molar-refractivity contribution in [3.05, 3.63) is 86.3 Å². The van der Waals surface area contributed by atoms with E-state index in [9.17, 15) is 0 Å². The van der Waals surface area contributed by atoms with E-state index in [0.29, 0.717) is 24.7 Å². The Morgan fingerprint density at radius 3 is 2.37 bits per heavy atom. The van der Waals surface area contributed by atoms with Crippen molar-refractivity contribution in [2.75, 3.05) is 12.4 Å². The summed E-state index contributed by atoms with van der Waals surface area (Å²) in [6.45, 7) is 3.27. The molecule has 27 heavy (non-hydrogen) atoms. The minimum Gasteiger partial charge on any atom is -0.493 e. The number of halogens is 2. The minimum atomic E-state index is 0.475. The monoisotopic (exact) mass is 489 g/mol. The lowest BCUT2D eigenvalue weighted by molar-refractivity contribution is 0.282. The van der Waals surface area contributed by atoms with Gasteiger partial charge in [-0.2, -0.15) is 0 Å². The summed E-state index contributed by atoms with van der Waals surface area (Å²) < 4.78 is 13.5. The summed E-state index contributed by atoms with van der Waals surface area (Å²) in [5.41, 5.74) is 4.55. The highest BCUT2D eigenvalue weighted by Crippen LogP contribution is 2.37. The van der Waals surface area contributed by atoms with Gasteiger partial charge in [0.25, 0.3) is 0 Å². The van der Waals surface area contributed by atoms with Crippen molar-refractivity contribution < 1.29 is 9.47 Å². The highest BCUT2D eigenvalue weighted by Gasteiger charge is 2.12. The van der Waals surface area contributed by atoms with E-state index in [1.807, 2.05) is 42.5 Å². The average molecular weight is 491 g/mol. The Hall–Kier alpha value is -1.98. The zero-order valence-electron chi connectivity index (χ0n) is 15.3. The number of aryl methyl sites for hydroxylation is 1. The fraction of sp³-hybridized carbons (Fsp3) is 0.182. The Morgan fingerprint density at radius 2 is 1.67 bits per heavy atom. The summed E-state index contributed by atoms with van der Waals surface area (Å²) in [5, 5.41) is 3.47. The van der Waals surface area contributed by atoms with Crippen LogP contribution in [0.5, 0.6) is 11.5 Å². The van der Waals surface area contributed by atoms with Gasteiger partial charge in [-0.1, -0.05) is 46.3 Å². The van der Waals surface area contributed by atoms with Crippen molar-refractivity contribution >= 4 is 37.5 Å². The maximum atomic E-state index is 6.01. The fourth-order valence-electron chi connectivity index (χ4n) is 2.72. The number of rotatable bonds is 7. The molecule has 0 spiro atoms. The summed E-state index contributed by atoms with van der Waals surface area (Å²) in [6.07, 6.45) is 0. The van der Waals surface area contributed by atoms with Gasteiger partial charge in [0.05, 0.1) is 11.6 Å².